The molecule has 1 spiro atoms. The van der Waals surface area contributed by atoms with E-state index in [-0.39, 0.29) is 0 Å². The minimum Gasteiger partial charge on any atom is -0.457 e. The molecule has 0 radical (unpaired) electrons. The molecular weight excluding hydrogens is 671 g/mol. The summed E-state index contributed by atoms with van der Waals surface area (Å²) >= 11 is 0. The molecule has 0 fully saturated rings. The van der Waals surface area contributed by atoms with E-state index in [2.05, 4.69) is 153 Å². The van der Waals surface area contributed by atoms with Crippen molar-refractivity contribution in [2.45, 2.75) is 25.2 Å². The number of hydrogen-bond acceptors (Lipinski definition) is 4. The molecule has 55 heavy (non-hydrogen) atoms. The van der Waals surface area contributed by atoms with Crippen LogP contribution in [0.4, 0.5) is 0 Å². The van der Waals surface area contributed by atoms with E-state index in [1.807, 2.05) is 30.3 Å². The molecule has 0 N–H and O–H groups in total. The molecule has 10 rings (SSSR count). The van der Waals surface area contributed by atoms with Crippen molar-refractivity contribution in [3.05, 3.63) is 220 Å². The molecule has 0 amide bonds. The molecule has 4 nitrogen and oxygen atoms in total. The molecule has 0 aromatic heterocycles. The molecule has 0 bridgehead atoms. The zero-order valence-corrected chi connectivity index (χ0v) is 30.3. The maximum atomic E-state index is 9.39. The van der Waals surface area contributed by atoms with Gasteiger partial charge in [-0.2, -0.15) is 5.26 Å². The van der Waals surface area contributed by atoms with Crippen molar-refractivity contribution >= 4 is 17.2 Å². The van der Waals surface area contributed by atoms with Crippen molar-refractivity contribution < 1.29 is 4.74 Å². The second kappa shape index (κ2) is 13.1. The van der Waals surface area contributed by atoms with Gasteiger partial charge in [-0.3, -0.25) is 0 Å². The minimum absolute atomic E-state index is 0.557. The fourth-order valence-electron chi connectivity index (χ4n) is 8.69. The van der Waals surface area contributed by atoms with Crippen LogP contribution in [0.15, 0.2) is 185 Å². The van der Waals surface area contributed by atoms with Crippen molar-refractivity contribution in [2.24, 2.45) is 9.98 Å². The third kappa shape index (κ3) is 5.28. The van der Waals surface area contributed by atoms with Crippen LogP contribution in [-0.2, 0) is 5.41 Å². The highest BCUT2D eigenvalue weighted by Crippen LogP contribution is 2.62. The van der Waals surface area contributed by atoms with Crippen molar-refractivity contribution in [1.29, 1.82) is 5.26 Å². The smallest absolute Gasteiger partial charge is 0.160 e. The number of nitrogens with zero attached hydrogens (tertiary/aromatic N) is 3. The molecule has 260 valence electrons. The van der Waals surface area contributed by atoms with E-state index in [4.69, 9.17) is 14.7 Å². The standard InChI is InChI=1S/C51H35N3O/c1-33-22-28-46(53-50(54-49(33)36-12-3-2-4-13-36)39-15-11-14-37(30-39)35-25-23-34(32-52)24-26-35)38-27-29-48-45(31-38)51(44-20-9-10-21-47(44)55-48)42-18-7-5-16-40(42)41-17-6-8-19-43(41)51/h2-21,23-27,29-31H,22,28H2,1H3/b49-33+,53-46?,54-50?. The molecular formula is C51H35N3O. The van der Waals surface area contributed by atoms with Gasteiger partial charge in [0.1, 0.15) is 11.5 Å². The van der Waals surface area contributed by atoms with Gasteiger partial charge in [0.25, 0.3) is 0 Å². The Balaban J connectivity index is 1.17. The maximum Gasteiger partial charge on any atom is 0.160 e. The third-order valence-corrected chi connectivity index (χ3v) is 11.3. The molecule has 0 saturated carbocycles. The SMILES string of the molecule is C/C1=C(/c2ccccc2)N=C(c2cccc(-c3ccc(C#N)cc3)c2)N=C(c2ccc3c(c2)C2(c4ccccc4O3)c3ccccc3-c3ccccc32)CC1. The number of aliphatic imine (C=N–C) groups is 2. The fraction of sp³-hybridized carbons (Fsp3) is 0.0784. The molecule has 2 heterocycles. The van der Waals surface area contributed by atoms with Gasteiger partial charge >= 0.3 is 0 Å². The number of amidine groups is 1. The van der Waals surface area contributed by atoms with Gasteiger partial charge in [0.15, 0.2) is 5.84 Å². The van der Waals surface area contributed by atoms with E-state index >= 15 is 0 Å². The fourth-order valence-corrected chi connectivity index (χ4v) is 8.69. The molecule has 0 unspecified atom stereocenters. The molecule has 1 aliphatic carbocycles. The van der Waals surface area contributed by atoms with Crippen LogP contribution >= 0.6 is 0 Å². The van der Waals surface area contributed by atoms with Crippen molar-refractivity contribution in [3.8, 4) is 39.8 Å². The minimum atomic E-state index is -0.557. The Morgan fingerprint density at radius 1 is 0.509 bits per heavy atom. The number of rotatable bonds is 4. The van der Waals surface area contributed by atoms with Crippen LogP contribution in [0.5, 0.6) is 11.5 Å². The van der Waals surface area contributed by atoms with Crippen LogP contribution in [0.3, 0.4) is 0 Å². The van der Waals surface area contributed by atoms with Crippen LogP contribution in [0.2, 0.25) is 0 Å². The summed E-state index contributed by atoms with van der Waals surface area (Å²) in [7, 11) is 0. The van der Waals surface area contributed by atoms with Crippen molar-refractivity contribution in [3.63, 3.8) is 0 Å². The topological polar surface area (TPSA) is 57.7 Å². The first kappa shape index (κ1) is 32.6. The van der Waals surface area contributed by atoms with Crippen LogP contribution in [0, 0.1) is 11.3 Å². The van der Waals surface area contributed by atoms with E-state index in [0.717, 1.165) is 74.7 Å². The molecule has 7 aromatic carbocycles. The Labute approximate surface area is 321 Å². The summed E-state index contributed by atoms with van der Waals surface area (Å²) in [6.07, 6.45) is 1.56. The van der Waals surface area contributed by atoms with Crippen LogP contribution in [0.25, 0.3) is 28.0 Å². The molecule has 3 aliphatic rings. The number of hydrogen-bond donors (Lipinski definition) is 0. The van der Waals surface area contributed by atoms with Gasteiger partial charge in [0.2, 0.25) is 0 Å². The summed E-state index contributed by atoms with van der Waals surface area (Å²) in [5.74, 6) is 2.39. The predicted molar refractivity (Wildman–Crippen MR) is 222 cm³/mol. The normalized spacial score (nSPS) is 16.2. The van der Waals surface area contributed by atoms with Gasteiger partial charge in [0.05, 0.1) is 28.5 Å². The van der Waals surface area contributed by atoms with E-state index in [1.54, 1.807) is 0 Å². The first-order valence-corrected chi connectivity index (χ1v) is 18.8. The van der Waals surface area contributed by atoms with E-state index in [1.165, 1.54) is 27.8 Å². The van der Waals surface area contributed by atoms with E-state index in [0.29, 0.717) is 11.4 Å². The van der Waals surface area contributed by atoms with Crippen LogP contribution in [-0.4, -0.2) is 11.5 Å². The van der Waals surface area contributed by atoms with Crippen LogP contribution in [0.1, 0.15) is 64.3 Å². The number of fused-ring (bicyclic) bond motifs is 9. The molecule has 0 saturated heterocycles. The predicted octanol–water partition coefficient (Wildman–Crippen LogP) is 12.2. The van der Waals surface area contributed by atoms with Crippen LogP contribution < -0.4 is 4.74 Å². The van der Waals surface area contributed by atoms with Crippen molar-refractivity contribution in [2.75, 3.05) is 0 Å². The van der Waals surface area contributed by atoms with Gasteiger partial charge in [-0.15, -0.1) is 0 Å². The Morgan fingerprint density at radius 2 is 1.13 bits per heavy atom. The number of allylic oxidation sites excluding steroid dienone is 1. The second-order valence-electron chi connectivity index (χ2n) is 14.4. The van der Waals surface area contributed by atoms with Gasteiger partial charge in [0, 0.05) is 22.3 Å². The lowest BCUT2D eigenvalue weighted by Crippen LogP contribution is -2.32. The Morgan fingerprint density at radius 3 is 1.87 bits per heavy atom. The number of benzene rings is 7. The lowest BCUT2D eigenvalue weighted by molar-refractivity contribution is 0.436. The summed E-state index contributed by atoms with van der Waals surface area (Å²) in [5.41, 5.74) is 15.6. The zero-order chi connectivity index (χ0) is 36.9. The largest absolute Gasteiger partial charge is 0.457 e. The highest BCUT2D eigenvalue weighted by molar-refractivity contribution is 6.14. The Bertz CT molecular complexity index is 2760. The first-order chi connectivity index (χ1) is 27.1. The summed E-state index contributed by atoms with van der Waals surface area (Å²) < 4.78 is 6.73. The number of ether oxygens (including phenoxy) is 1. The summed E-state index contributed by atoms with van der Waals surface area (Å²) in [5, 5.41) is 9.39. The Hall–Kier alpha value is -7.09. The number of nitriles is 1. The summed E-state index contributed by atoms with van der Waals surface area (Å²) in [6, 6.07) is 61.5. The van der Waals surface area contributed by atoms with Gasteiger partial charge < -0.3 is 4.74 Å². The third-order valence-electron chi connectivity index (χ3n) is 11.3. The van der Waals surface area contributed by atoms with Gasteiger partial charge in [-0.25, -0.2) is 9.98 Å². The second-order valence-corrected chi connectivity index (χ2v) is 14.4. The average Bonchev–Trinajstić information content (AvgIpc) is 3.53. The van der Waals surface area contributed by atoms with E-state index < -0.39 is 5.41 Å². The van der Waals surface area contributed by atoms with E-state index in [9.17, 15) is 5.26 Å². The lowest BCUT2D eigenvalue weighted by Gasteiger charge is -2.39. The zero-order valence-electron chi connectivity index (χ0n) is 30.3. The molecule has 7 aromatic rings. The maximum absolute atomic E-state index is 9.39. The lowest BCUT2D eigenvalue weighted by atomic mass is 9.66. The quantitative estimate of drug-likeness (QED) is 0.183. The monoisotopic (exact) mass is 705 g/mol. The average molecular weight is 706 g/mol. The van der Waals surface area contributed by atoms with Crippen molar-refractivity contribution in [1.82, 2.24) is 0 Å². The van der Waals surface area contributed by atoms with Gasteiger partial charge in [-0.1, -0.05) is 127 Å². The molecule has 0 atom stereocenters. The number of para-hydroxylation sites is 1. The highest BCUT2D eigenvalue weighted by Gasteiger charge is 2.51. The summed E-state index contributed by atoms with van der Waals surface area (Å²) in [6.45, 7) is 2.19. The summed E-state index contributed by atoms with van der Waals surface area (Å²) in [4.78, 5) is 10.9. The first-order valence-electron chi connectivity index (χ1n) is 18.8. The molecule has 4 heteroatoms. The highest BCUT2D eigenvalue weighted by atomic mass is 16.5. The molecule has 2 aliphatic heterocycles. The Kier molecular flexibility index (Phi) is 7.75. The van der Waals surface area contributed by atoms with Gasteiger partial charge in [-0.05, 0) is 107 Å².